The number of nitrogens with zero attached hydrogens (tertiary/aromatic N) is 2. The van der Waals surface area contributed by atoms with Crippen LogP contribution in [0.25, 0.3) is 0 Å². The number of hydrogen-bond acceptors (Lipinski definition) is 2. The largest absolute Gasteiger partial charge is 0.372 e. The maximum Gasteiger partial charge on any atom is 0.109 e. The van der Waals surface area contributed by atoms with E-state index in [2.05, 4.69) is 27.7 Å². The van der Waals surface area contributed by atoms with E-state index in [1.807, 2.05) is 13.8 Å². The summed E-state index contributed by atoms with van der Waals surface area (Å²) < 4.78 is 20.3. The van der Waals surface area contributed by atoms with E-state index in [1.54, 1.807) is 10.9 Å². The highest BCUT2D eigenvalue weighted by atomic mass is 127. The summed E-state index contributed by atoms with van der Waals surface area (Å²) >= 11 is 2.18. The second-order valence-corrected chi connectivity index (χ2v) is 4.37. The second-order valence-electron chi connectivity index (χ2n) is 3.21. The summed E-state index contributed by atoms with van der Waals surface area (Å²) in [6.45, 7) is 4.35. The van der Waals surface area contributed by atoms with Crippen molar-refractivity contribution in [2.24, 2.45) is 0 Å². The van der Waals surface area contributed by atoms with Crippen LogP contribution in [0.5, 0.6) is 0 Å². The fourth-order valence-corrected chi connectivity index (χ4v) is 1.61. The van der Waals surface area contributed by atoms with Crippen molar-refractivity contribution in [3.05, 3.63) is 15.5 Å². The number of halogens is 2. The SMILES string of the molecule is CC(C)OCc1c(I)cnn1CCF. The fraction of sp³-hybridized carbons (Fsp3) is 0.667. The molecule has 0 aliphatic heterocycles. The molecule has 1 aromatic rings. The van der Waals surface area contributed by atoms with Gasteiger partial charge in [0, 0.05) is 0 Å². The third-order valence-electron chi connectivity index (χ3n) is 1.75. The number of ether oxygens (including phenoxy) is 1. The van der Waals surface area contributed by atoms with E-state index in [4.69, 9.17) is 4.74 Å². The van der Waals surface area contributed by atoms with Crippen LogP contribution in [-0.4, -0.2) is 22.6 Å². The Morgan fingerprint density at radius 1 is 1.64 bits per heavy atom. The van der Waals surface area contributed by atoms with Gasteiger partial charge in [0.05, 0.1) is 34.7 Å². The molecule has 0 atom stereocenters. The first kappa shape index (κ1) is 11.9. The minimum atomic E-state index is -0.396. The van der Waals surface area contributed by atoms with Gasteiger partial charge >= 0.3 is 0 Å². The van der Waals surface area contributed by atoms with Crippen molar-refractivity contribution in [3.8, 4) is 0 Å². The topological polar surface area (TPSA) is 27.1 Å². The Bertz CT molecular complexity index is 288. The van der Waals surface area contributed by atoms with E-state index in [9.17, 15) is 4.39 Å². The number of aromatic nitrogens is 2. The fourth-order valence-electron chi connectivity index (χ4n) is 1.05. The summed E-state index contributed by atoms with van der Waals surface area (Å²) in [5, 5.41) is 4.07. The van der Waals surface area contributed by atoms with Gasteiger partial charge in [0.25, 0.3) is 0 Å². The molecule has 0 radical (unpaired) electrons. The molecule has 5 heteroatoms. The zero-order valence-corrected chi connectivity index (χ0v) is 10.5. The molecule has 0 fully saturated rings. The lowest BCUT2D eigenvalue weighted by molar-refractivity contribution is 0.0605. The molecule has 0 saturated carbocycles. The van der Waals surface area contributed by atoms with Crippen LogP contribution in [0.3, 0.4) is 0 Å². The maximum atomic E-state index is 12.2. The number of hydrogen-bond donors (Lipinski definition) is 0. The van der Waals surface area contributed by atoms with Gasteiger partial charge in [0.15, 0.2) is 0 Å². The molecule has 0 spiro atoms. The lowest BCUT2D eigenvalue weighted by Crippen LogP contribution is -2.11. The van der Waals surface area contributed by atoms with Crippen molar-refractivity contribution in [2.75, 3.05) is 6.67 Å². The quantitative estimate of drug-likeness (QED) is 0.781. The Labute approximate surface area is 96.8 Å². The third kappa shape index (κ3) is 3.20. The Balaban J connectivity index is 2.67. The molecule has 0 unspecified atom stereocenters. The molecule has 0 aromatic carbocycles. The average Bonchev–Trinajstić information content (AvgIpc) is 2.45. The van der Waals surface area contributed by atoms with Gasteiger partial charge in [0.1, 0.15) is 6.67 Å². The monoisotopic (exact) mass is 312 g/mol. The smallest absolute Gasteiger partial charge is 0.109 e. The molecular formula is C9H14FIN2O. The van der Waals surface area contributed by atoms with E-state index < -0.39 is 6.67 Å². The van der Waals surface area contributed by atoms with Crippen LogP contribution >= 0.6 is 22.6 Å². The van der Waals surface area contributed by atoms with Gasteiger partial charge < -0.3 is 4.74 Å². The molecule has 0 saturated heterocycles. The Morgan fingerprint density at radius 3 is 2.93 bits per heavy atom. The zero-order chi connectivity index (χ0) is 10.6. The molecule has 0 aliphatic carbocycles. The Morgan fingerprint density at radius 2 is 2.36 bits per heavy atom. The average molecular weight is 312 g/mol. The van der Waals surface area contributed by atoms with Gasteiger partial charge in [-0.2, -0.15) is 5.10 Å². The van der Waals surface area contributed by atoms with Crippen molar-refractivity contribution in [3.63, 3.8) is 0 Å². The molecule has 14 heavy (non-hydrogen) atoms. The molecule has 1 rings (SSSR count). The summed E-state index contributed by atoms with van der Waals surface area (Å²) in [6, 6.07) is 0. The van der Waals surface area contributed by atoms with Gasteiger partial charge in [-0.15, -0.1) is 0 Å². The van der Waals surface area contributed by atoms with Crippen molar-refractivity contribution < 1.29 is 9.13 Å². The van der Waals surface area contributed by atoms with Crippen LogP contribution < -0.4 is 0 Å². The lowest BCUT2D eigenvalue weighted by Gasteiger charge is -2.09. The highest BCUT2D eigenvalue weighted by Gasteiger charge is 2.09. The van der Waals surface area contributed by atoms with Crippen molar-refractivity contribution in [1.82, 2.24) is 9.78 Å². The van der Waals surface area contributed by atoms with Crippen LogP contribution in [0.15, 0.2) is 6.20 Å². The first-order valence-corrected chi connectivity index (χ1v) is 5.60. The molecule has 0 N–H and O–H groups in total. The van der Waals surface area contributed by atoms with Crippen LogP contribution in [-0.2, 0) is 17.9 Å². The second kappa shape index (κ2) is 5.65. The standard InChI is InChI=1S/C9H14FIN2O/c1-7(2)14-6-9-8(11)5-12-13(9)4-3-10/h5,7H,3-4,6H2,1-2H3. The summed E-state index contributed by atoms with van der Waals surface area (Å²) in [5.41, 5.74) is 0.956. The van der Waals surface area contributed by atoms with Crippen molar-refractivity contribution in [1.29, 1.82) is 0 Å². The summed E-state index contributed by atoms with van der Waals surface area (Å²) in [7, 11) is 0. The predicted octanol–water partition coefficient (Wildman–Crippen LogP) is 2.38. The first-order chi connectivity index (χ1) is 6.65. The Hall–Kier alpha value is -0.170. The van der Waals surface area contributed by atoms with E-state index in [1.165, 1.54) is 0 Å². The molecule has 1 aromatic heterocycles. The molecule has 1 heterocycles. The highest BCUT2D eigenvalue weighted by Crippen LogP contribution is 2.13. The van der Waals surface area contributed by atoms with E-state index in [0.717, 1.165) is 9.26 Å². The van der Waals surface area contributed by atoms with Gasteiger partial charge in [-0.3, -0.25) is 4.68 Å². The minimum absolute atomic E-state index is 0.180. The number of rotatable bonds is 5. The predicted molar refractivity (Wildman–Crippen MR) is 60.8 cm³/mol. The maximum absolute atomic E-state index is 12.2. The van der Waals surface area contributed by atoms with Crippen LogP contribution in [0, 0.1) is 3.57 Å². The highest BCUT2D eigenvalue weighted by molar-refractivity contribution is 14.1. The van der Waals surface area contributed by atoms with E-state index in [-0.39, 0.29) is 6.10 Å². The minimum Gasteiger partial charge on any atom is -0.372 e. The van der Waals surface area contributed by atoms with E-state index in [0.29, 0.717) is 13.2 Å². The normalized spacial score (nSPS) is 11.2. The van der Waals surface area contributed by atoms with Crippen LogP contribution in [0.2, 0.25) is 0 Å². The lowest BCUT2D eigenvalue weighted by atomic mass is 10.4. The zero-order valence-electron chi connectivity index (χ0n) is 8.33. The summed E-state index contributed by atoms with van der Waals surface area (Å²) in [5.74, 6) is 0. The number of alkyl halides is 1. The van der Waals surface area contributed by atoms with Gasteiger partial charge in [-0.05, 0) is 36.4 Å². The molecular weight excluding hydrogens is 298 g/mol. The summed E-state index contributed by atoms with van der Waals surface area (Å²) in [6.07, 6.45) is 1.91. The van der Waals surface area contributed by atoms with Crippen LogP contribution in [0.4, 0.5) is 4.39 Å². The van der Waals surface area contributed by atoms with Crippen LogP contribution in [0.1, 0.15) is 19.5 Å². The molecule has 0 bridgehead atoms. The van der Waals surface area contributed by atoms with Crippen molar-refractivity contribution in [2.45, 2.75) is 33.1 Å². The van der Waals surface area contributed by atoms with Crippen molar-refractivity contribution >= 4 is 22.6 Å². The first-order valence-electron chi connectivity index (χ1n) is 4.53. The molecule has 0 aliphatic rings. The molecule has 0 amide bonds. The molecule has 80 valence electrons. The number of aryl methyl sites for hydroxylation is 1. The Kier molecular flexibility index (Phi) is 4.80. The summed E-state index contributed by atoms with van der Waals surface area (Å²) in [4.78, 5) is 0. The third-order valence-corrected chi connectivity index (χ3v) is 2.65. The van der Waals surface area contributed by atoms with E-state index >= 15 is 0 Å². The molecule has 3 nitrogen and oxygen atoms in total. The van der Waals surface area contributed by atoms with Gasteiger partial charge in [-0.1, -0.05) is 0 Å². The van der Waals surface area contributed by atoms with Gasteiger partial charge in [-0.25, -0.2) is 4.39 Å². The van der Waals surface area contributed by atoms with Gasteiger partial charge in [0.2, 0.25) is 0 Å².